The molecule has 0 unspecified atom stereocenters. The number of nitrogens with zero attached hydrogens (tertiary/aromatic N) is 2. The summed E-state index contributed by atoms with van der Waals surface area (Å²) in [7, 11) is 3.67. The minimum absolute atomic E-state index is 0.334. The number of hydrogen-bond donors (Lipinski definition) is 0. The van der Waals surface area contributed by atoms with E-state index in [9.17, 15) is 0 Å². The summed E-state index contributed by atoms with van der Waals surface area (Å²) in [5, 5.41) is 0. The van der Waals surface area contributed by atoms with Gasteiger partial charge in [-0.2, -0.15) is 0 Å². The molecular formula is C23H26I2N2OS2. The van der Waals surface area contributed by atoms with Crippen molar-refractivity contribution in [3.63, 3.8) is 0 Å². The topological polar surface area (TPSA) is 15.7 Å². The van der Waals surface area contributed by atoms with Crippen molar-refractivity contribution in [2.75, 3.05) is 13.2 Å². The maximum absolute atomic E-state index is 6.25. The van der Waals surface area contributed by atoms with Gasteiger partial charge in [0.2, 0.25) is 0 Å². The van der Waals surface area contributed by atoms with Gasteiger partial charge in [0, 0.05) is 73.0 Å². The van der Waals surface area contributed by atoms with Crippen LogP contribution in [0.15, 0.2) is 65.9 Å². The summed E-state index contributed by atoms with van der Waals surface area (Å²) < 4.78 is 11.4. The molecule has 30 heavy (non-hydrogen) atoms. The second kappa shape index (κ2) is 10.8. The van der Waals surface area contributed by atoms with Crippen molar-refractivity contribution in [2.24, 2.45) is 0 Å². The minimum atomic E-state index is 0.334. The van der Waals surface area contributed by atoms with Crippen LogP contribution in [-0.4, -0.2) is 27.8 Å². The van der Waals surface area contributed by atoms with Gasteiger partial charge in [-0.15, -0.1) is 0 Å². The SMILES string of the molecule is CCOC1=C2CN(SI)[C@H](c3cccc(C)c3)C[C@@H]2N(SI)[C@H](c2ccccc2)C1. The Balaban J connectivity index is 1.74. The highest BCUT2D eigenvalue weighted by Crippen LogP contribution is 2.51. The van der Waals surface area contributed by atoms with E-state index in [1.807, 2.05) is 18.2 Å². The predicted octanol–water partition coefficient (Wildman–Crippen LogP) is 7.84. The van der Waals surface area contributed by atoms with Gasteiger partial charge in [0.25, 0.3) is 0 Å². The van der Waals surface area contributed by atoms with Gasteiger partial charge in [0.15, 0.2) is 0 Å². The lowest BCUT2D eigenvalue weighted by molar-refractivity contribution is 0.129. The Morgan fingerprint density at radius 3 is 2.40 bits per heavy atom. The number of piperidine rings is 1. The Morgan fingerprint density at radius 1 is 0.967 bits per heavy atom. The molecule has 2 aliphatic heterocycles. The number of rotatable bonds is 6. The Hall–Kier alpha value is 0.0600. The Labute approximate surface area is 212 Å². The van der Waals surface area contributed by atoms with Crippen molar-refractivity contribution >= 4 is 60.6 Å². The summed E-state index contributed by atoms with van der Waals surface area (Å²) in [5.74, 6) is 1.20. The van der Waals surface area contributed by atoms with Gasteiger partial charge in [0.05, 0.1) is 18.4 Å². The molecule has 0 N–H and O–H groups in total. The first-order valence-electron chi connectivity index (χ1n) is 10.2. The van der Waals surface area contributed by atoms with Crippen LogP contribution >= 0.6 is 60.6 Å². The van der Waals surface area contributed by atoms with Gasteiger partial charge in [-0.3, -0.25) is 0 Å². The van der Waals surface area contributed by atoms with Gasteiger partial charge in [-0.25, -0.2) is 8.61 Å². The van der Waals surface area contributed by atoms with Crippen LogP contribution in [0.2, 0.25) is 0 Å². The number of aryl methyl sites for hydroxylation is 1. The van der Waals surface area contributed by atoms with Crippen LogP contribution in [0.1, 0.15) is 48.5 Å². The smallest absolute Gasteiger partial charge is 0.1000 e. The summed E-state index contributed by atoms with van der Waals surface area (Å²) in [6.45, 7) is 5.96. The molecule has 0 spiro atoms. The normalized spacial score (nSPS) is 25.3. The lowest BCUT2D eigenvalue weighted by Crippen LogP contribution is -2.47. The molecule has 7 heteroatoms. The second-order valence-electron chi connectivity index (χ2n) is 7.77. The quantitative estimate of drug-likeness (QED) is 0.230. The number of benzene rings is 2. The molecule has 3 atom stereocenters. The van der Waals surface area contributed by atoms with E-state index >= 15 is 0 Å². The Bertz CT molecular complexity index is 896. The van der Waals surface area contributed by atoms with Crippen LogP contribution in [0.5, 0.6) is 0 Å². The molecule has 1 fully saturated rings. The molecule has 0 aliphatic carbocycles. The van der Waals surface area contributed by atoms with Crippen LogP contribution in [0.25, 0.3) is 0 Å². The third kappa shape index (κ3) is 4.85. The van der Waals surface area contributed by atoms with E-state index < -0.39 is 0 Å². The highest BCUT2D eigenvalue weighted by Gasteiger charge is 2.44. The van der Waals surface area contributed by atoms with E-state index in [0.717, 1.165) is 26.0 Å². The van der Waals surface area contributed by atoms with Gasteiger partial charge >= 0.3 is 0 Å². The molecule has 0 amide bonds. The van der Waals surface area contributed by atoms with Crippen molar-refractivity contribution in [3.8, 4) is 0 Å². The van der Waals surface area contributed by atoms with Crippen LogP contribution in [0.3, 0.4) is 0 Å². The van der Waals surface area contributed by atoms with Crippen molar-refractivity contribution in [2.45, 2.75) is 44.8 Å². The van der Waals surface area contributed by atoms with Crippen molar-refractivity contribution in [1.29, 1.82) is 0 Å². The lowest BCUT2D eigenvalue weighted by Gasteiger charge is -2.48. The molecule has 0 aromatic heterocycles. The molecule has 2 aromatic rings. The molecular weight excluding hydrogens is 638 g/mol. The molecule has 4 rings (SSSR count). The van der Waals surface area contributed by atoms with Crippen LogP contribution in [0.4, 0.5) is 0 Å². The zero-order valence-corrected chi connectivity index (χ0v) is 23.1. The first-order valence-corrected chi connectivity index (χ1v) is 16.9. The molecule has 2 heterocycles. The fourth-order valence-electron chi connectivity index (χ4n) is 4.61. The van der Waals surface area contributed by atoms with E-state index in [0.29, 0.717) is 18.1 Å². The van der Waals surface area contributed by atoms with Crippen LogP contribution in [0, 0.1) is 6.92 Å². The molecule has 160 valence electrons. The molecule has 2 aliphatic rings. The molecule has 0 saturated carbocycles. The van der Waals surface area contributed by atoms with Crippen molar-refractivity contribution < 1.29 is 4.74 Å². The first kappa shape index (κ1) is 23.2. The molecule has 2 aromatic carbocycles. The number of ether oxygens (including phenoxy) is 1. The molecule has 3 nitrogen and oxygen atoms in total. The maximum Gasteiger partial charge on any atom is 0.1000 e. The average Bonchev–Trinajstić information content (AvgIpc) is 2.78. The summed E-state index contributed by atoms with van der Waals surface area (Å²) >= 11 is 4.90. The minimum Gasteiger partial charge on any atom is -0.498 e. The van der Waals surface area contributed by atoms with Crippen LogP contribution < -0.4 is 0 Å². The fraction of sp³-hybridized carbons (Fsp3) is 0.391. The standard InChI is InChI=1S/C23H26I2N2OS2/c1-3-28-23-14-21(17-9-5-4-6-10-17)27(30-25)22-13-20(26(29-24)15-19(22)23)18-11-7-8-16(2)12-18/h4-12,20-22H,3,13-15H2,1-2H3/t20-,21-,22-/m0/s1. The summed E-state index contributed by atoms with van der Waals surface area (Å²) in [6, 6.07) is 21.0. The number of fused-ring (bicyclic) bond motifs is 1. The van der Waals surface area contributed by atoms with Gasteiger partial charge < -0.3 is 4.74 Å². The Morgan fingerprint density at radius 2 is 1.73 bits per heavy atom. The monoisotopic (exact) mass is 664 g/mol. The van der Waals surface area contributed by atoms with Crippen molar-refractivity contribution in [3.05, 3.63) is 82.6 Å². The number of hydrogen-bond acceptors (Lipinski definition) is 5. The third-order valence-electron chi connectivity index (χ3n) is 5.97. The van der Waals surface area contributed by atoms with E-state index in [1.165, 1.54) is 28.0 Å². The van der Waals surface area contributed by atoms with E-state index in [1.54, 1.807) is 0 Å². The number of halogens is 2. The largest absolute Gasteiger partial charge is 0.498 e. The Kier molecular flexibility index (Phi) is 8.35. The fourth-order valence-corrected chi connectivity index (χ4v) is 8.60. The van der Waals surface area contributed by atoms with E-state index in [-0.39, 0.29) is 0 Å². The molecule has 1 saturated heterocycles. The summed E-state index contributed by atoms with van der Waals surface area (Å²) in [6.07, 6.45) is 2.01. The predicted molar refractivity (Wildman–Crippen MR) is 147 cm³/mol. The van der Waals surface area contributed by atoms with Gasteiger partial charge in [-0.1, -0.05) is 60.2 Å². The van der Waals surface area contributed by atoms with Crippen molar-refractivity contribution in [1.82, 2.24) is 8.61 Å². The zero-order valence-electron chi connectivity index (χ0n) is 17.1. The highest BCUT2D eigenvalue weighted by molar-refractivity contribution is 14.2. The molecule has 0 bridgehead atoms. The summed E-state index contributed by atoms with van der Waals surface area (Å²) in [4.78, 5) is 0. The van der Waals surface area contributed by atoms with Gasteiger partial charge in [0.1, 0.15) is 0 Å². The first-order chi connectivity index (χ1) is 14.7. The molecule has 0 radical (unpaired) electrons. The van der Waals surface area contributed by atoms with E-state index in [2.05, 4.69) is 119 Å². The van der Waals surface area contributed by atoms with Crippen LogP contribution in [-0.2, 0) is 4.74 Å². The second-order valence-corrected chi connectivity index (χ2v) is 11.3. The highest BCUT2D eigenvalue weighted by atomic mass is 127. The lowest BCUT2D eigenvalue weighted by atomic mass is 9.84. The summed E-state index contributed by atoms with van der Waals surface area (Å²) in [5.41, 5.74) is 5.57. The van der Waals surface area contributed by atoms with E-state index in [4.69, 9.17) is 4.74 Å². The zero-order chi connectivity index (χ0) is 21.1. The third-order valence-corrected chi connectivity index (χ3v) is 10.1. The average molecular weight is 664 g/mol. The van der Waals surface area contributed by atoms with Gasteiger partial charge in [-0.05, 0) is 49.6 Å². The maximum atomic E-state index is 6.25.